The Bertz CT molecular complexity index is 1430. The fourth-order valence-electron chi connectivity index (χ4n) is 5.02. The summed E-state index contributed by atoms with van der Waals surface area (Å²) in [7, 11) is 3.15. The molecular weight excluding hydrogens is 482 g/mol. The van der Waals surface area contributed by atoms with Gasteiger partial charge in [0, 0.05) is 17.8 Å². The Labute approximate surface area is 221 Å². The molecule has 0 aliphatic heterocycles. The SMILES string of the molecule is COc1cccc(C(C(=O)NC2CCCC2)N(C(=O)Cn2nnc3ccccc32)c2cccc(OC)c2)c1. The number of ether oxygens (including phenoxy) is 2. The van der Waals surface area contributed by atoms with Crippen LogP contribution in [0, 0.1) is 0 Å². The zero-order valence-electron chi connectivity index (χ0n) is 21.5. The molecule has 5 rings (SSSR count). The number of anilines is 1. The summed E-state index contributed by atoms with van der Waals surface area (Å²) in [4.78, 5) is 29.7. The fourth-order valence-corrected chi connectivity index (χ4v) is 5.02. The molecule has 0 spiro atoms. The predicted octanol–water partition coefficient (Wildman–Crippen LogP) is 4.28. The first-order valence-electron chi connectivity index (χ1n) is 12.8. The van der Waals surface area contributed by atoms with Crippen LogP contribution in [0.1, 0.15) is 37.3 Å². The van der Waals surface area contributed by atoms with Gasteiger partial charge < -0.3 is 14.8 Å². The van der Waals surface area contributed by atoms with Crippen LogP contribution in [-0.4, -0.2) is 47.1 Å². The number of carbonyl (C=O) groups excluding carboxylic acids is 2. The maximum absolute atomic E-state index is 14.2. The molecule has 3 aromatic carbocycles. The van der Waals surface area contributed by atoms with Crippen LogP contribution >= 0.6 is 0 Å². The molecule has 1 atom stereocenters. The summed E-state index contributed by atoms with van der Waals surface area (Å²) in [5, 5.41) is 11.6. The first-order chi connectivity index (χ1) is 18.6. The van der Waals surface area contributed by atoms with Gasteiger partial charge in [0.05, 0.1) is 19.7 Å². The van der Waals surface area contributed by atoms with Crippen molar-refractivity contribution in [3.8, 4) is 11.5 Å². The van der Waals surface area contributed by atoms with Gasteiger partial charge in [-0.15, -0.1) is 5.10 Å². The second-order valence-corrected chi connectivity index (χ2v) is 9.37. The van der Waals surface area contributed by atoms with Crippen LogP contribution in [0.2, 0.25) is 0 Å². The Morgan fingerprint density at radius 2 is 1.68 bits per heavy atom. The molecule has 0 bridgehead atoms. The normalized spacial score (nSPS) is 14.3. The number of nitrogens with zero attached hydrogens (tertiary/aromatic N) is 4. The second kappa shape index (κ2) is 11.3. The van der Waals surface area contributed by atoms with E-state index in [2.05, 4.69) is 15.6 Å². The summed E-state index contributed by atoms with van der Waals surface area (Å²) in [6.07, 6.45) is 4.00. The number of amides is 2. The Kier molecular flexibility index (Phi) is 7.53. The summed E-state index contributed by atoms with van der Waals surface area (Å²) in [5.41, 5.74) is 2.60. The summed E-state index contributed by atoms with van der Waals surface area (Å²) < 4.78 is 12.5. The number of aromatic nitrogens is 3. The van der Waals surface area contributed by atoms with Crippen LogP contribution in [0.25, 0.3) is 11.0 Å². The predicted molar refractivity (Wildman–Crippen MR) is 144 cm³/mol. The van der Waals surface area contributed by atoms with Crippen LogP contribution in [0.3, 0.4) is 0 Å². The molecule has 1 unspecified atom stereocenters. The lowest BCUT2D eigenvalue weighted by Gasteiger charge is -2.32. The highest BCUT2D eigenvalue weighted by molar-refractivity contribution is 6.01. The molecule has 0 radical (unpaired) electrons. The van der Waals surface area contributed by atoms with Crippen molar-refractivity contribution in [2.75, 3.05) is 19.1 Å². The van der Waals surface area contributed by atoms with E-state index in [4.69, 9.17) is 9.47 Å². The Hall–Kier alpha value is -4.40. The topological polar surface area (TPSA) is 98.6 Å². The van der Waals surface area contributed by atoms with E-state index in [-0.39, 0.29) is 24.4 Å². The third-order valence-electron chi connectivity index (χ3n) is 6.92. The van der Waals surface area contributed by atoms with E-state index in [1.807, 2.05) is 42.5 Å². The molecule has 38 heavy (non-hydrogen) atoms. The molecule has 9 nitrogen and oxygen atoms in total. The molecule has 9 heteroatoms. The van der Waals surface area contributed by atoms with Crippen molar-refractivity contribution in [2.24, 2.45) is 0 Å². The molecule has 1 aliphatic rings. The van der Waals surface area contributed by atoms with Crippen molar-refractivity contribution in [1.82, 2.24) is 20.3 Å². The van der Waals surface area contributed by atoms with Gasteiger partial charge in [0.2, 0.25) is 11.8 Å². The molecule has 1 heterocycles. The average Bonchev–Trinajstić information content (AvgIpc) is 3.61. The van der Waals surface area contributed by atoms with E-state index in [1.165, 1.54) is 4.90 Å². The molecule has 2 amide bonds. The minimum Gasteiger partial charge on any atom is -0.497 e. The minimum absolute atomic E-state index is 0.0807. The van der Waals surface area contributed by atoms with E-state index in [9.17, 15) is 9.59 Å². The number of hydrogen-bond donors (Lipinski definition) is 1. The number of para-hydroxylation sites is 1. The molecule has 1 N–H and O–H groups in total. The van der Waals surface area contributed by atoms with E-state index in [1.54, 1.807) is 49.2 Å². The van der Waals surface area contributed by atoms with Gasteiger partial charge in [-0.25, -0.2) is 4.68 Å². The van der Waals surface area contributed by atoms with E-state index >= 15 is 0 Å². The maximum atomic E-state index is 14.2. The third-order valence-corrected chi connectivity index (χ3v) is 6.92. The Balaban J connectivity index is 1.60. The van der Waals surface area contributed by atoms with Crippen molar-refractivity contribution >= 4 is 28.5 Å². The number of fused-ring (bicyclic) bond motifs is 1. The van der Waals surface area contributed by atoms with Crippen LogP contribution in [-0.2, 0) is 16.1 Å². The fraction of sp³-hybridized carbons (Fsp3) is 0.310. The van der Waals surface area contributed by atoms with Gasteiger partial charge in [-0.05, 0) is 54.8 Å². The van der Waals surface area contributed by atoms with Crippen molar-refractivity contribution in [3.63, 3.8) is 0 Å². The highest BCUT2D eigenvalue weighted by Crippen LogP contribution is 2.33. The van der Waals surface area contributed by atoms with Gasteiger partial charge in [-0.2, -0.15) is 0 Å². The summed E-state index contributed by atoms with van der Waals surface area (Å²) >= 11 is 0. The number of methoxy groups -OCH3 is 2. The van der Waals surface area contributed by atoms with Gasteiger partial charge in [0.1, 0.15) is 29.6 Å². The van der Waals surface area contributed by atoms with E-state index in [0.717, 1.165) is 31.2 Å². The van der Waals surface area contributed by atoms with Gasteiger partial charge in [0.25, 0.3) is 0 Å². The van der Waals surface area contributed by atoms with Crippen LogP contribution in [0.15, 0.2) is 72.8 Å². The lowest BCUT2D eigenvalue weighted by molar-refractivity contribution is -0.127. The quantitative estimate of drug-likeness (QED) is 0.359. The third kappa shape index (κ3) is 5.32. The highest BCUT2D eigenvalue weighted by Gasteiger charge is 2.35. The average molecular weight is 514 g/mol. The molecule has 1 aromatic heterocycles. The maximum Gasteiger partial charge on any atom is 0.249 e. The molecule has 1 aliphatic carbocycles. The van der Waals surface area contributed by atoms with Crippen molar-refractivity contribution in [2.45, 2.75) is 44.3 Å². The van der Waals surface area contributed by atoms with Gasteiger partial charge >= 0.3 is 0 Å². The highest BCUT2D eigenvalue weighted by atomic mass is 16.5. The van der Waals surface area contributed by atoms with Gasteiger partial charge in [-0.1, -0.05) is 48.4 Å². The zero-order chi connectivity index (χ0) is 26.5. The molecule has 1 saturated carbocycles. The first-order valence-corrected chi connectivity index (χ1v) is 12.8. The largest absolute Gasteiger partial charge is 0.497 e. The van der Waals surface area contributed by atoms with Crippen molar-refractivity contribution in [3.05, 3.63) is 78.4 Å². The van der Waals surface area contributed by atoms with Crippen LogP contribution in [0.5, 0.6) is 11.5 Å². The van der Waals surface area contributed by atoms with Gasteiger partial charge in [0.15, 0.2) is 0 Å². The number of hydrogen-bond acceptors (Lipinski definition) is 6. The molecule has 0 saturated heterocycles. The first kappa shape index (κ1) is 25.3. The standard InChI is InChI=1S/C29H31N5O4/c1-37-23-13-7-9-20(17-23)28(29(36)30-21-10-3-4-11-21)34(22-12-8-14-24(18-22)38-2)27(35)19-33-26-16-6-5-15-25(26)31-32-33/h5-9,12-18,21,28H,3-4,10-11,19H2,1-2H3,(H,30,36). The molecular formula is C29H31N5O4. The van der Waals surface area contributed by atoms with Gasteiger partial charge in [-0.3, -0.25) is 14.5 Å². The Morgan fingerprint density at radius 1 is 0.974 bits per heavy atom. The second-order valence-electron chi connectivity index (χ2n) is 9.37. The minimum atomic E-state index is -0.944. The number of nitrogens with one attached hydrogen (secondary N) is 1. The summed E-state index contributed by atoms with van der Waals surface area (Å²) in [5.74, 6) is 0.613. The lowest BCUT2D eigenvalue weighted by atomic mass is 10.0. The molecule has 1 fully saturated rings. The van der Waals surface area contributed by atoms with Crippen molar-refractivity contribution in [1.29, 1.82) is 0 Å². The van der Waals surface area contributed by atoms with Crippen LogP contribution in [0.4, 0.5) is 5.69 Å². The number of rotatable bonds is 9. The monoisotopic (exact) mass is 513 g/mol. The number of benzene rings is 3. The lowest BCUT2D eigenvalue weighted by Crippen LogP contribution is -2.47. The number of carbonyl (C=O) groups is 2. The van der Waals surface area contributed by atoms with Crippen molar-refractivity contribution < 1.29 is 19.1 Å². The molecule has 4 aromatic rings. The smallest absolute Gasteiger partial charge is 0.249 e. The van der Waals surface area contributed by atoms with E-state index in [0.29, 0.717) is 28.3 Å². The summed E-state index contributed by atoms with van der Waals surface area (Å²) in [6, 6.07) is 21.0. The zero-order valence-corrected chi connectivity index (χ0v) is 21.5. The summed E-state index contributed by atoms with van der Waals surface area (Å²) in [6.45, 7) is -0.102. The van der Waals surface area contributed by atoms with Crippen LogP contribution < -0.4 is 19.7 Å². The molecule has 196 valence electrons. The van der Waals surface area contributed by atoms with E-state index < -0.39 is 6.04 Å². The Morgan fingerprint density at radius 3 is 2.45 bits per heavy atom.